The lowest BCUT2D eigenvalue weighted by atomic mass is 10.1. The van der Waals surface area contributed by atoms with Gasteiger partial charge in [0.25, 0.3) is 0 Å². The number of aryl methyl sites for hydroxylation is 1. The van der Waals surface area contributed by atoms with Gasteiger partial charge in [-0.3, -0.25) is 0 Å². The Balaban J connectivity index is 3.18. The molecule has 1 rings (SSSR count). The minimum atomic E-state index is -3.58. The molecule has 1 atom stereocenters. The Morgan fingerprint density at radius 3 is 2.61 bits per heavy atom. The van der Waals surface area contributed by atoms with Gasteiger partial charge in [-0.05, 0) is 44.0 Å². The van der Waals surface area contributed by atoms with E-state index in [4.69, 9.17) is 12.2 Å². The van der Waals surface area contributed by atoms with Crippen molar-refractivity contribution < 1.29 is 8.42 Å². The van der Waals surface area contributed by atoms with E-state index in [9.17, 15) is 8.42 Å². The molecular formula is C13H18N2O2S. The average Bonchev–Trinajstić information content (AvgIpc) is 2.22. The summed E-state index contributed by atoms with van der Waals surface area (Å²) in [6.45, 7) is 5.32. The molecule has 4 nitrogen and oxygen atoms in total. The monoisotopic (exact) mass is 266 g/mol. The first-order valence-corrected chi connectivity index (χ1v) is 7.08. The molecule has 1 aromatic carbocycles. The van der Waals surface area contributed by atoms with Crippen LogP contribution in [0.25, 0.3) is 0 Å². The molecule has 0 aliphatic rings. The van der Waals surface area contributed by atoms with Gasteiger partial charge >= 0.3 is 0 Å². The maximum atomic E-state index is 12.2. The Morgan fingerprint density at radius 2 is 2.06 bits per heavy atom. The van der Waals surface area contributed by atoms with E-state index in [1.54, 1.807) is 19.9 Å². The van der Waals surface area contributed by atoms with E-state index in [1.165, 1.54) is 6.07 Å². The molecule has 1 unspecified atom stereocenters. The maximum Gasteiger partial charge on any atom is 0.241 e. The first-order chi connectivity index (χ1) is 8.27. The number of hydrogen-bond acceptors (Lipinski definition) is 3. The van der Waals surface area contributed by atoms with Crippen molar-refractivity contribution in [2.45, 2.75) is 38.1 Å². The van der Waals surface area contributed by atoms with E-state index in [-0.39, 0.29) is 10.9 Å². The number of hydrogen-bond donors (Lipinski definition) is 2. The summed E-state index contributed by atoms with van der Waals surface area (Å²) in [5.74, 6) is 2.43. The Morgan fingerprint density at radius 1 is 1.44 bits per heavy atom. The summed E-state index contributed by atoms with van der Waals surface area (Å²) in [4.78, 5) is 0.212. The van der Waals surface area contributed by atoms with Crippen molar-refractivity contribution in [3.63, 3.8) is 0 Å². The molecule has 0 saturated heterocycles. The molecule has 0 aliphatic heterocycles. The molecule has 0 amide bonds. The summed E-state index contributed by atoms with van der Waals surface area (Å²) in [5, 5.41) is 0. The maximum absolute atomic E-state index is 12.2. The second kappa shape index (κ2) is 5.42. The van der Waals surface area contributed by atoms with Crippen LogP contribution in [0.2, 0.25) is 0 Å². The van der Waals surface area contributed by atoms with Crippen LogP contribution in [0.4, 0.5) is 5.69 Å². The quantitative estimate of drug-likeness (QED) is 0.642. The smallest absolute Gasteiger partial charge is 0.241 e. The Labute approximate surface area is 109 Å². The molecule has 0 aromatic heterocycles. The van der Waals surface area contributed by atoms with Crippen molar-refractivity contribution in [1.29, 1.82) is 0 Å². The van der Waals surface area contributed by atoms with Gasteiger partial charge in [0.05, 0.1) is 4.90 Å². The molecule has 0 spiro atoms. The summed E-state index contributed by atoms with van der Waals surface area (Å²) in [5.41, 5.74) is 7.67. The Kier molecular flexibility index (Phi) is 4.38. The highest BCUT2D eigenvalue weighted by Gasteiger charge is 2.20. The van der Waals surface area contributed by atoms with Crippen molar-refractivity contribution >= 4 is 15.7 Å². The average molecular weight is 266 g/mol. The topological polar surface area (TPSA) is 72.2 Å². The number of nitrogens with one attached hydrogen (secondary N) is 1. The van der Waals surface area contributed by atoms with Gasteiger partial charge in [-0.15, -0.1) is 12.3 Å². The SMILES string of the molecule is C#CCC(C)NS(=O)(=O)c1cc(N)cc(C)c1C. The number of benzene rings is 1. The number of sulfonamides is 1. The van der Waals surface area contributed by atoms with E-state index >= 15 is 0 Å². The molecule has 18 heavy (non-hydrogen) atoms. The lowest BCUT2D eigenvalue weighted by Crippen LogP contribution is -2.32. The molecule has 5 heteroatoms. The van der Waals surface area contributed by atoms with Crippen LogP contribution in [0.5, 0.6) is 0 Å². The van der Waals surface area contributed by atoms with Gasteiger partial charge in [-0.25, -0.2) is 13.1 Å². The molecule has 0 radical (unpaired) electrons. The first-order valence-electron chi connectivity index (χ1n) is 5.60. The van der Waals surface area contributed by atoms with Crippen LogP contribution in [0, 0.1) is 26.2 Å². The van der Waals surface area contributed by atoms with Crippen LogP contribution in [-0.4, -0.2) is 14.5 Å². The molecule has 0 saturated carbocycles. The van der Waals surface area contributed by atoms with Gasteiger partial charge in [0, 0.05) is 18.2 Å². The zero-order valence-electron chi connectivity index (χ0n) is 10.8. The fourth-order valence-electron chi connectivity index (χ4n) is 1.68. The van der Waals surface area contributed by atoms with Gasteiger partial charge in [0.1, 0.15) is 0 Å². The van der Waals surface area contributed by atoms with Crippen LogP contribution in [0.1, 0.15) is 24.5 Å². The Bertz CT molecular complexity index is 586. The zero-order valence-corrected chi connectivity index (χ0v) is 11.6. The predicted molar refractivity (Wildman–Crippen MR) is 73.6 cm³/mol. The van der Waals surface area contributed by atoms with Crippen LogP contribution in [0.15, 0.2) is 17.0 Å². The van der Waals surface area contributed by atoms with Crippen LogP contribution in [-0.2, 0) is 10.0 Å². The van der Waals surface area contributed by atoms with E-state index in [1.807, 2.05) is 6.92 Å². The third kappa shape index (κ3) is 3.25. The summed E-state index contributed by atoms with van der Waals surface area (Å²) in [6, 6.07) is 2.91. The summed E-state index contributed by atoms with van der Waals surface area (Å²) in [6.07, 6.45) is 5.51. The Hall–Kier alpha value is -1.51. The fourth-order valence-corrected chi connectivity index (χ4v) is 3.28. The van der Waals surface area contributed by atoms with Gasteiger partial charge < -0.3 is 5.73 Å². The van der Waals surface area contributed by atoms with Crippen molar-refractivity contribution in [3.05, 3.63) is 23.3 Å². The molecule has 98 valence electrons. The summed E-state index contributed by atoms with van der Waals surface area (Å²) < 4.78 is 27.0. The number of rotatable bonds is 4. The number of nitrogens with two attached hydrogens (primary N) is 1. The molecule has 0 heterocycles. The minimum absolute atomic E-state index is 0.212. The lowest BCUT2D eigenvalue weighted by Gasteiger charge is -2.15. The minimum Gasteiger partial charge on any atom is -0.399 e. The largest absolute Gasteiger partial charge is 0.399 e. The fraction of sp³-hybridized carbons (Fsp3) is 0.385. The van der Waals surface area contributed by atoms with Gasteiger partial charge in [-0.1, -0.05) is 0 Å². The van der Waals surface area contributed by atoms with Gasteiger partial charge in [0.2, 0.25) is 10.0 Å². The molecule has 1 aromatic rings. The van der Waals surface area contributed by atoms with Gasteiger partial charge in [-0.2, -0.15) is 0 Å². The molecule has 0 bridgehead atoms. The summed E-state index contributed by atoms with van der Waals surface area (Å²) in [7, 11) is -3.58. The van der Waals surface area contributed by atoms with E-state index in [0.717, 1.165) is 5.56 Å². The molecular weight excluding hydrogens is 248 g/mol. The number of terminal acetylenes is 1. The zero-order chi connectivity index (χ0) is 13.9. The van der Waals surface area contributed by atoms with E-state index in [0.29, 0.717) is 17.7 Å². The van der Waals surface area contributed by atoms with Crippen LogP contribution < -0.4 is 10.5 Å². The number of nitrogen functional groups attached to an aromatic ring is 1. The highest BCUT2D eigenvalue weighted by molar-refractivity contribution is 7.89. The lowest BCUT2D eigenvalue weighted by molar-refractivity contribution is 0.563. The van der Waals surface area contributed by atoms with Gasteiger partial charge in [0.15, 0.2) is 0 Å². The number of anilines is 1. The second-order valence-electron chi connectivity index (χ2n) is 4.39. The van der Waals surface area contributed by atoms with Crippen molar-refractivity contribution in [2.24, 2.45) is 0 Å². The molecule has 0 aliphatic carbocycles. The summed E-state index contributed by atoms with van der Waals surface area (Å²) >= 11 is 0. The highest BCUT2D eigenvalue weighted by Crippen LogP contribution is 2.22. The first kappa shape index (κ1) is 14.6. The normalized spacial score (nSPS) is 13.0. The third-order valence-electron chi connectivity index (χ3n) is 2.71. The molecule has 3 N–H and O–H groups in total. The van der Waals surface area contributed by atoms with Crippen molar-refractivity contribution in [2.75, 3.05) is 5.73 Å². The second-order valence-corrected chi connectivity index (χ2v) is 6.07. The molecule has 0 fully saturated rings. The third-order valence-corrected chi connectivity index (χ3v) is 4.43. The van der Waals surface area contributed by atoms with Crippen molar-refractivity contribution in [1.82, 2.24) is 4.72 Å². The van der Waals surface area contributed by atoms with E-state index < -0.39 is 10.0 Å². The van der Waals surface area contributed by atoms with E-state index in [2.05, 4.69) is 10.6 Å². The van der Waals surface area contributed by atoms with Crippen LogP contribution >= 0.6 is 0 Å². The predicted octanol–water partition coefficient (Wildman–Crippen LogP) is 1.58. The van der Waals surface area contributed by atoms with Crippen LogP contribution in [0.3, 0.4) is 0 Å². The van der Waals surface area contributed by atoms with Crippen molar-refractivity contribution in [3.8, 4) is 12.3 Å². The highest BCUT2D eigenvalue weighted by atomic mass is 32.2. The standard InChI is InChI=1S/C13H18N2O2S/c1-5-6-10(3)15-18(16,17)13-8-12(14)7-9(2)11(13)4/h1,7-8,10,15H,6,14H2,2-4H3.